The third kappa shape index (κ3) is 4.61. The number of pyridine rings is 1. The summed E-state index contributed by atoms with van der Waals surface area (Å²) in [4.78, 5) is 35.9. The number of carbonyl (C=O) groups is 2. The third-order valence-corrected chi connectivity index (χ3v) is 7.42. The molecule has 3 aromatic heterocycles. The maximum atomic E-state index is 13.8. The molecular formula is C25H28F3N7O3. The first-order valence-corrected chi connectivity index (χ1v) is 12.4. The number of alkyl halides is 3. The van der Waals surface area contributed by atoms with Crippen molar-refractivity contribution >= 4 is 23.1 Å². The number of hydrogen-bond donors (Lipinski definition) is 2. The molecule has 0 bridgehead atoms. The van der Waals surface area contributed by atoms with Gasteiger partial charge in [-0.15, -0.1) is 0 Å². The Balaban J connectivity index is 1.44. The number of halogens is 3. The summed E-state index contributed by atoms with van der Waals surface area (Å²) < 4.78 is 47.6. The number of ether oxygens (including phenoxy) is 1. The Morgan fingerprint density at radius 2 is 1.89 bits per heavy atom. The minimum atomic E-state index is -4.71. The normalized spacial score (nSPS) is 20.3. The van der Waals surface area contributed by atoms with Crippen molar-refractivity contribution < 1.29 is 27.5 Å². The van der Waals surface area contributed by atoms with Gasteiger partial charge in [-0.05, 0) is 30.9 Å². The first-order valence-electron chi connectivity index (χ1n) is 12.4. The van der Waals surface area contributed by atoms with Crippen LogP contribution in [0, 0.1) is 11.8 Å². The molecule has 2 fully saturated rings. The number of amides is 2. The summed E-state index contributed by atoms with van der Waals surface area (Å²) in [5.74, 6) is -0.612. The maximum absolute atomic E-state index is 13.8. The molecule has 3 N–H and O–H groups in total. The molecule has 0 radical (unpaired) electrons. The van der Waals surface area contributed by atoms with E-state index in [0.717, 1.165) is 42.6 Å². The van der Waals surface area contributed by atoms with E-state index < -0.39 is 17.6 Å². The van der Waals surface area contributed by atoms with Crippen molar-refractivity contribution in [2.75, 3.05) is 25.9 Å². The number of nitrogen functional groups attached to an aromatic ring is 1. The number of nitrogens with zero attached hydrogens (tertiary/aromatic N) is 5. The molecular weight excluding hydrogens is 503 g/mol. The molecule has 1 saturated heterocycles. The van der Waals surface area contributed by atoms with Gasteiger partial charge in [0, 0.05) is 30.8 Å². The molecule has 10 nitrogen and oxygen atoms in total. The van der Waals surface area contributed by atoms with E-state index in [1.54, 1.807) is 0 Å². The van der Waals surface area contributed by atoms with Crippen LogP contribution in [0.15, 0.2) is 24.7 Å². The first kappa shape index (κ1) is 25.7. The number of aromatic nitrogens is 4. The van der Waals surface area contributed by atoms with Gasteiger partial charge in [-0.2, -0.15) is 18.3 Å². The number of nitrogens with two attached hydrogens (primary N) is 1. The molecule has 3 aromatic rings. The molecule has 38 heavy (non-hydrogen) atoms. The van der Waals surface area contributed by atoms with Gasteiger partial charge in [-0.3, -0.25) is 9.59 Å². The number of methoxy groups -OCH3 is 1. The summed E-state index contributed by atoms with van der Waals surface area (Å²) in [7, 11) is 1.35. The van der Waals surface area contributed by atoms with Gasteiger partial charge in [0.05, 0.1) is 24.4 Å². The van der Waals surface area contributed by atoms with Gasteiger partial charge < -0.3 is 20.7 Å². The van der Waals surface area contributed by atoms with Crippen molar-refractivity contribution in [3.63, 3.8) is 0 Å². The largest absolute Gasteiger partial charge is 0.480 e. The van der Waals surface area contributed by atoms with Gasteiger partial charge in [-0.25, -0.2) is 14.5 Å². The number of hydrogen-bond acceptors (Lipinski definition) is 7. The SMILES string of the molecule is COc1ncc(-c2cc(C(F)(F)F)c3c(N)ncnn23)cc1C(=O)N[C@@H]1CN(C(=O)C2CCCC2)C[C@@H]1C. The summed E-state index contributed by atoms with van der Waals surface area (Å²) >= 11 is 0. The van der Waals surface area contributed by atoms with Crippen molar-refractivity contribution in [1.82, 2.24) is 29.8 Å². The van der Waals surface area contributed by atoms with Crippen LogP contribution in [0.5, 0.6) is 5.88 Å². The van der Waals surface area contributed by atoms with Crippen LogP contribution in [0.3, 0.4) is 0 Å². The lowest BCUT2D eigenvalue weighted by atomic mass is 10.1. The molecule has 1 aliphatic carbocycles. The average Bonchev–Trinajstić information content (AvgIpc) is 3.63. The molecule has 2 atom stereocenters. The summed E-state index contributed by atoms with van der Waals surface area (Å²) in [6.45, 7) is 2.91. The molecule has 202 valence electrons. The minimum Gasteiger partial charge on any atom is -0.480 e. The number of nitrogens with one attached hydrogen (secondary N) is 1. The molecule has 0 aromatic carbocycles. The topological polar surface area (TPSA) is 128 Å². The second kappa shape index (κ2) is 9.76. The molecule has 2 amide bonds. The van der Waals surface area contributed by atoms with Gasteiger partial charge >= 0.3 is 6.18 Å². The van der Waals surface area contributed by atoms with E-state index in [-0.39, 0.29) is 57.8 Å². The van der Waals surface area contributed by atoms with E-state index in [2.05, 4.69) is 20.4 Å². The predicted molar refractivity (Wildman–Crippen MR) is 131 cm³/mol. The van der Waals surface area contributed by atoms with E-state index in [1.807, 2.05) is 11.8 Å². The highest BCUT2D eigenvalue weighted by atomic mass is 19.4. The lowest BCUT2D eigenvalue weighted by Crippen LogP contribution is -2.41. The van der Waals surface area contributed by atoms with Gasteiger partial charge in [0.25, 0.3) is 5.91 Å². The van der Waals surface area contributed by atoms with E-state index in [0.29, 0.717) is 13.1 Å². The van der Waals surface area contributed by atoms with Crippen LogP contribution in [0.1, 0.15) is 48.5 Å². The van der Waals surface area contributed by atoms with Crippen LogP contribution < -0.4 is 15.8 Å². The first-order chi connectivity index (χ1) is 18.1. The maximum Gasteiger partial charge on any atom is 0.418 e. The average molecular weight is 532 g/mol. The van der Waals surface area contributed by atoms with E-state index in [9.17, 15) is 22.8 Å². The molecule has 2 aliphatic rings. The molecule has 1 aliphatic heterocycles. The number of rotatable bonds is 5. The number of fused-ring (bicyclic) bond motifs is 1. The van der Waals surface area contributed by atoms with Crippen LogP contribution >= 0.6 is 0 Å². The molecule has 4 heterocycles. The highest BCUT2D eigenvalue weighted by Crippen LogP contribution is 2.39. The zero-order valence-electron chi connectivity index (χ0n) is 21.0. The zero-order chi connectivity index (χ0) is 27.2. The van der Waals surface area contributed by atoms with E-state index in [1.165, 1.54) is 19.4 Å². The van der Waals surface area contributed by atoms with Crippen LogP contribution in [0.25, 0.3) is 16.8 Å². The lowest BCUT2D eigenvalue weighted by Gasteiger charge is -2.20. The quantitative estimate of drug-likeness (QED) is 0.518. The van der Waals surface area contributed by atoms with E-state index in [4.69, 9.17) is 10.5 Å². The van der Waals surface area contributed by atoms with Crippen molar-refractivity contribution in [3.8, 4) is 17.1 Å². The summed E-state index contributed by atoms with van der Waals surface area (Å²) in [5.41, 5.74) is 4.65. The molecule has 0 unspecified atom stereocenters. The zero-order valence-corrected chi connectivity index (χ0v) is 21.0. The number of likely N-dealkylation sites (tertiary alicyclic amines) is 1. The van der Waals surface area contributed by atoms with E-state index >= 15 is 0 Å². The van der Waals surface area contributed by atoms with Gasteiger partial charge in [0.15, 0.2) is 5.82 Å². The standard InChI is InChI=1S/C25H28F3N7O3/c1-13-10-34(24(37)14-5-3-4-6-14)11-18(13)33-22(36)16-7-15(9-30-23(16)38-2)19-8-17(25(26,27)28)20-21(29)31-12-32-35(19)20/h7-9,12-14,18H,3-6,10-11H2,1-2H3,(H,33,36)(H2,29,31,32)/t13-,18+/m0/s1. The Morgan fingerprint density at radius 3 is 2.58 bits per heavy atom. The van der Waals surface area contributed by atoms with Crippen molar-refractivity contribution in [2.45, 2.75) is 44.8 Å². The second-order valence-electron chi connectivity index (χ2n) is 9.91. The fourth-order valence-electron chi connectivity index (χ4n) is 5.42. The third-order valence-electron chi connectivity index (χ3n) is 7.42. The fourth-order valence-corrected chi connectivity index (χ4v) is 5.42. The Morgan fingerprint density at radius 1 is 1.16 bits per heavy atom. The van der Waals surface area contributed by atoms with Gasteiger partial charge in [0.2, 0.25) is 11.8 Å². The molecule has 5 rings (SSSR count). The Labute approximate surface area is 216 Å². The summed E-state index contributed by atoms with van der Waals surface area (Å²) in [5, 5.41) is 6.91. The summed E-state index contributed by atoms with van der Waals surface area (Å²) in [6, 6.07) is 2.01. The minimum absolute atomic E-state index is 0.0156. The number of anilines is 1. The lowest BCUT2D eigenvalue weighted by molar-refractivity contribution is -0.136. The Bertz CT molecular complexity index is 1380. The highest BCUT2D eigenvalue weighted by Gasteiger charge is 2.38. The van der Waals surface area contributed by atoms with Crippen molar-refractivity contribution in [1.29, 1.82) is 0 Å². The molecule has 13 heteroatoms. The smallest absolute Gasteiger partial charge is 0.418 e. The Hall–Kier alpha value is -3.90. The van der Waals surface area contributed by atoms with Crippen molar-refractivity contribution in [3.05, 3.63) is 35.8 Å². The van der Waals surface area contributed by atoms with Crippen LogP contribution in [0.4, 0.5) is 19.0 Å². The van der Waals surface area contributed by atoms with Gasteiger partial charge in [0.1, 0.15) is 17.4 Å². The molecule has 0 spiro atoms. The predicted octanol–water partition coefficient (Wildman–Crippen LogP) is 3.17. The number of carbonyl (C=O) groups excluding carboxylic acids is 2. The Kier molecular flexibility index (Phi) is 6.61. The highest BCUT2D eigenvalue weighted by molar-refractivity contribution is 5.98. The van der Waals surface area contributed by atoms with Crippen LogP contribution in [-0.2, 0) is 11.0 Å². The van der Waals surface area contributed by atoms with Crippen molar-refractivity contribution in [2.24, 2.45) is 11.8 Å². The van der Waals surface area contributed by atoms with Gasteiger partial charge in [-0.1, -0.05) is 19.8 Å². The second-order valence-corrected chi connectivity index (χ2v) is 9.91. The van der Waals surface area contributed by atoms with Crippen LogP contribution in [0.2, 0.25) is 0 Å². The monoisotopic (exact) mass is 531 g/mol. The fraction of sp³-hybridized carbons (Fsp3) is 0.480. The summed E-state index contributed by atoms with van der Waals surface area (Å²) in [6.07, 6.45) is 1.57. The van der Waals surface area contributed by atoms with Crippen LogP contribution in [-0.4, -0.2) is 62.5 Å². The molecule has 1 saturated carbocycles.